The van der Waals surface area contributed by atoms with Crippen LogP contribution in [0.3, 0.4) is 0 Å². The molecule has 0 aromatic rings. The highest BCUT2D eigenvalue weighted by Gasteiger charge is 2.50. The molecule has 17 heavy (non-hydrogen) atoms. The Bertz CT molecular complexity index is 296. The second kappa shape index (κ2) is 4.40. The Labute approximate surface area is 104 Å². The Morgan fingerprint density at radius 3 is 2.29 bits per heavy atom. The van der Waals surface area contributed by atoms with Gasteiger partial charge < -0.3 is 9.31 Å². The number of hydrogen-bond donors (Lipinski definition) is 0. The molecule has 1 aliphatic carbocycles. The lowest BCUT2D eigenvalue weighted by Crippen LogP contribution is -2.41. The molecule has 1 unspecified atom stereocenters. The third kappa shape index (κ3) is 2.74. The molecule has 0 radical (unpaired) electrons. The molecule has 1 heterocycles. The third-order valence-electron chi connectivity index (χ3n) is 4.46. The van der Waals surface area contributed by atoms with Gasteiger partial charge in [-0.2, -0.15) is 0 Å². The summed E-state index contributed by atoms with van der Waals surface area (Å²) in [5.41, 5.74) is -0.466. The molecule has 1 atom stereocenters. The van der Waals surface area contributed by atoms with E-state index in [1.165, 1.54) is 0 Å². The SMILES string of the molecule is CC1(C)OB(CCC2CCC(=O)C2)OC1(C)C. The summed E-state index contributed by atoms with van der Waals surface area (Å²) >= 11 is 0. The van der Waals surface area contributed by atoms with E-state index in [0.717, 1.165) is 32.0 Å². The molecule has 0 aromatic heterocycles. The highest BCUT2D eigenvalue weighted by atomic mass is 16.7. The molecule has 0 N–H and O–H groups in total. The summed E-state index contributed by atoms with van der Waals surface area (Å²) in [6.45, 7) is 8.30. The van der Waals surface area contributed by atoms with Gasteiger partial charge in [-0.25, -0.2) is 0 Å². The van der Waals surface area contributed by atoms with E-state index in [9.17, 15) is 4.79 Å². The fourth-order valence-corrected chi connectivity index (χ4v) is 2.59. The van der Waals surface area contributed by atoms with Gasteiger partial charge in [0.2, 0.25) is 0 Å². The summed E-state index contributed by atoms with van der Waals surface area (Å²) in [7, 11) is -0.101. The van der Waals surface area contributed by atoms with Gasteiger partial charge in [-0.3, -0.25) is 4.79 Å². The molecule has 96 valence electrons. The number of carbonyl (C=O) groups is 1. The van der Waals surface area contributed by atoms with Gasteiger partial charge in [-0.05, 0) is 46.4 Å². The van der Waals surface area contributed by atoms with Crippen LogP contribution in [0.4, 0.5) is 0 Å². The topological polar surface area (TPSA) is 35.5 Å². The summed E-state index contributed by atoms with van der Waals surface area (Å²) in [5.74, 6) is 0.977. The van der Waals surface area contributed by atoms with Crippen LogP contribution in [0.25, 0.3) is 0 Å². The highest BCUT2D eigenvalue weighted by Crippen LogP contribution is 2.39. The fourth-order valence-electron chi connectivity index (χ4n) is 2.59. The van der Waals surface area contributed by atoms with Crippen LogP contribution in [0.15, 0.2) is 0 Å². The normalized spacial score (nSPS) is 31.2. The number of Topliss-reactive ketones (excluding diaryl/α,β-unsaturated/α-hetero) is 1. The largest absolute Gasteiger partial charge is 0.457 e. The monoisotopic (exact) mass is 238 g/mol. The molecule has 2 fully saturated rings. The van der Waals surface area contributed by atoms with Crippen LogP contribution in [0, 0.1) is 5.92 Å². The lowest BCUT2D eigenvalue weighted by molar-refractivity contribution is -0.117. The number of carbonyl (C=O) groups excluding carboxylic acids is 1. The van der Waals surface area contributed by atoms with Crippen molar-refractivity contribution in [1.29, 1.82) is 0 Å². The van der Waals surface area contributed by atoms with E-state index in [0.29, 0.717) is 11.7 Å². The molecule has 1 saturated carbocycles. The van der Waals surface area contributed by atoms with Crippen LogP contribution in [-0.2, 0) is 14.1 Å². The second-order valence-corrected chi connectivity index (χ2v) is 6.41. The Kier molecular flexibility index (Phi) is 3.39. The first-order valence-corrected chi connectivity index (χ1v) is 6.67. The minimum atomic E-state index is -0.233. The number of ketones is 1. The molecule has 2 rings (SSSR count). The molecule has 0 bridgehead atoms. The van der Waals surface area contributed by atoms with E-state index in [1.807, 2.05) is 0 Å². The summed E-state index contributed by atoms with van der Waals surface area (Å²) in [6, 6.07) is 0. The van der Waals surface area contributed by atoms with Crippen molar-refractivity contribution in [2.24, 2.45) is 5.92 Å². The van der Waals surface area contributed by atoms with Crippen molar-refractivity contribution in [3.8, 4) is 0 Å². The molecule has 1 saturated heterocycles. The maximum atomic E-state index is 11.2. The van der Waals surface area contributed by atoms with E-state index in [-0.39, 0.29) is 18.3 Å². The Morgan fingerprint density at radius 1 is 1.24 bits per heavy atom. The van der Waals surface area contributed by atoms with Crippen molar-refractivity contribution in [2.75, 3.05) is 0 Å². The second-order valence-electron chi connectivity index (χ2n) is 6.41. The van der Waals surface area contributed by atoms with Crippen LogP contribution < -0.4 is 0 Å². The maximum absolute atomic E-state index is 11.2. The zero-order valence-corrected chi connectivity index (χ0v) is 11.4. The molecule has 0 aromatic carbocycles. The van der Waals surface area contributed by atoms with Gasteiger partial charge in [0.05, 0.1) is 11.2 Å². The lowest BCUT2D eigenvalue weighted by Gasteiger charge is -2.32. The minimum absolute atomic E-state index is 0.101. The van der Waals surface area contributed by atoms with Gasteiger partial charge in [0.15, 0.2) is 0 Å². The highest BCUT2D eigenvalue weighted by molar-refractivity contribution is 6.45. The summed E-state index contributed by atoms with van der Waals surface area (Å²) in [5, 5.41) is 0. The standard InChI is InChI=1S/C13H23BO3/c1-12(2)13(3,4)17-14(16-12)8-7-10-5-6-11(15)9-10/h10H,5-9H2,1-4H3. The third-order valence-corrected chi connectivity index (χ3v) is 4.46. The smallest absolute Gasteiger partial charge is 0.403 e. The van der Waals surface area contributed by atoms with Gasteiger partial charge >= 0.3 is 7.12 Å². The molecule has 0 amide bonds. The Morgan fingerprint density at radius 2 is 1.82 bits per heavy atom. The van der Waals surface area contributed by atoms with Crippen molar-refractivity contribution in [3.63, 3.8) is 0 Å². The fraction of sp³-hybridized carbons (Fsp3) is 0.923. The molecular formula is C13H23BO3. The molecule has 0 spiro atoms. The van der Waals surface area contributed by atoms with E-state index in [4.69, 9.17) is 9.31 Å². The van der Waals surface area contributed by atoms with Crippen molar-refractivity contribution in [1.82, 2.24) is 0 Å². The summed E-state index contributed by atoms with van der Waals surface area (Å²) < 4.78 is 11.9. The van der Waals surface area contributed by atoms with E-state index in [2.05, 4.69) is 27.7 Å². The Balaban J connectivity index is 1.80. The van der Waals surface area contributed by atoms with Gasteiger partial charge in [-0.1, -0.05) is 6.42 Å². The van der Waals surface area contributed by atoms with Gasteiger partial charge in [0.1, 0.15) is 5.78 Å². The van der Waals surface area contributed by atoms with Gasteiger partial charge in [0, 0.05) is 12.8 Å². The zero-order valence-electron chi connectivity index (χ0n) is 11.4. The van der Waals surface area contributed by atoms with Crippen LogP contribution in [0.2, 0.25) is 6.32 Å². The average molecular weight is 238 g/mol. The van der Waals surface area contributed by atoms with Crippen LogP contribution in [-0.4, -0.2) is 24.1 Å². The van der Waals surface area contributed by atoms with E-state index >= 15 is 0 Å². The summed E-state index contributed by atoms with van der Waals surface area (Å²) in [4.78, 5) is 11.2. The first-order chi connectivity index (χ1) is 7.80. The van der Waals surface area contributed by atoms with Crippen LogP contribution in [0.5, 0.6) is 0 Å². The van der Waals surface area contributed by atoms with Crippen molar-refractivity contribution in [2.45, 2.75) is 70.9 Å². The van der Waals surface area contributed by atoms with Crippen molar-refractivity contribution in [3.05, 3.63) is 0 Å². The number of rotatable bonds is 3. The molecule has 2 aliphatic rings. The van der Waals surface area contributed by atoms with E-state index < -0.39 is 0 Å². The first-order valence-electron chi connectivity index (χ1n) is 6.67. The van der Waals surface area contributed by atoms with Crippen LogP contribution >= 0.6 is 0 Å². The average Bonchev–Trinajstić information content (AvgIpc) is 2.67. The predicted octanol–water partition coefficient (Wildman–Crippen LogP) is 2.84. The quantitative estimate of drug-likeness (QED) is 0.709. The predicted molar refractivity (Wildman–Crippen MR) is 67.9 cm³/mol. The Hall–Kier alpha value is -0.345. The lowest BCUT2D eigenvalue weighted by atomic mass is 9.79. The zero-order chi connectivity index (χ0) is 12.7. The van der Waals surface area contributed by atoms with Gasteiger partial charge in [-0.15, -0.1) is 0 Å². The minimum Gasteiger partial charge on any atom is -0.403 e. The first kappa shape index (κ1) is 13.1. The van der Waals surface area contributed by atoms with Crippen molar-refractivity contribution >= 4 is 12.9 Å². The van der Waals surface area contributed by atoms with Gasteiger partial charge in [0.25, 0.3) is 0 Å². The van der Waals surface area contributed by atoms with Crippen LogP contribution in [0.1, 0.15) is 53.4 Å². The van der Waals surface area contributed by atoms with Crippen molar-refractivity contribution < 1.29 is 14.1 Å². The van der Waals surface area contributed by atoms with E-state index in [1.54, 1.807) is 0 Å². The maximum Gasteiger partial charge on any atom is 0.457 e. The summed E-state index contributed by atoms with van der Waals surface area (Å²) in [6.07, 6.45) is 4.54. The molecule has 3 nitrogen and oxygen atoms in total. The molecule has 4 heteroatoms. The molecular weight excluding hydrogens is 215 g/mol. The molecule has 1 aliphatic heterocycles. The number of hydrogen-bond acceptors (Lipinski definition) is 3.